The quantitative estimate of drug-likeness (QED) is 0.861. The Morgan fingerprint density at radius 2 is 2.12 bits per heavy atom. The molecule has 3 fully saturated rings. The van der Waals surface area contributed by atoms with E-state index in [1.807, 2.05) is 12.1 Å². The molecule has 1 unspecified atom stereocenters. The summed E-state index contributed by atoms with van der Waals surface area (Å²) >= 11 is 6.38. The minimum Gasteiger partial charge on any atom is -0.326 e. The van der Waals surface area contributed by atoms with E-state index in [1.165, 1.54) is 0 Å². The van der Waals surface area contributed by atoms with Crippen molar-refractivity contribution in [3.63, 3.8) is 0 Å². The Morgan fingerprint density at radius 3 is 2.88 bits per heavy atom. The lowest BCUT2D eigenvalue weighted by Gasteiger charge is -2.23. The molecule has 0 radical (unpaired) electrons. The fourth-order valence-electron chi connectivity index (χ4n) is 4.14. The first-order chi connectivity index (χ1) is 12.7. The molecule has 2 saturated carbocycles. The van der Waals surface area contributed by atoms with E-state index in [0.717, 1.165) is 56.7 Å². The largest absolute Gasteiger partial charge is 0.326 e. The van der Waals surface area contributed by atoms with Crippen molar-refractivity contribution in [3.8, 4) is 5.69 Å². The van der Waals surface area contributed by atoms with E-state index in [1.54, 1.807) is 10.7 Å². The third-order valence-corrected chi connectivity index (χ3v) is 6.30. The van der Waals surface area contributed by atoms with Crippen LogP contribution in [-0.4, -0.2) is 39.2 Å². The first-order valence-corrected chi connectivity index (χ1v) is 9.64. The second kappa shape index (κ2) is 6.03. The molecule has 2 heterocycles. The van der Waals surface area contributed by atoms with Crippen molar-refractivity contribution < 1.29 is 4.79 Å². The third-order valence-electron chi connectivity index (χ3n) is 5.98. The molecule has 7 nitrogen and oxygen atoms in total. The van der Waals surface area contributed by atoms with Gasteiger partial charge in [0.05, 0.1) is 10.7 Å². The van der Waals surface area contributed by atoms with Gasteiger partial charge in [-0.1, -0.05) is 11.6 Å². The van der Waals surface area contributed by atoms with Gasteiger partial charge in [0.1, 0.15) is 0 Å². The van der Waals surface area contributed by atoms with Crippen molar-refractivity contribution in [3.05, 3.63) is 29.0 Å². The van der Waals surface area contributed by atoms with E-state index in [4.69, 9.17) is 11.6 Å². The van der Waals surface area contributed by atoms with Gasteiger partial charge in [-0.05, 0) is 79.2 Å². The number of nitrogens with one attached hydrogen (secondary N) is 2. The number of carbonyl (C=O) groups excluding carboxylic acids is 1. The van der Waals surface area contributed by atoms with E-state index in [0.29, 0.717) is 16.6 Å². The van der Waals surface area contributed by atoms with Gasteiger partial charge in [-0.3, -0.25) is 4.79 Å². The van der Waals surface area contributed by atoms with Gasteiger partial charge in [-0.25, -0.2) is 0 Å². The Balaban J connectivity index is 1.35. The summed E-state index contributed by atoms with van der Waals surface area (Å²) in [5, 5.41) is 19.0. The number of carbonyl (C=O) groups is 1. The van der Waals surface area contributed by atoms with Gasteiger partial charge >= 0.3 is 0 Å². The zero-order valence-corrected chi connectivity index (χ0v) is 15.2. The molecule has 2 N–H and O–H groups in total. The molecule has 1 aliphatic heterocycles. The monoisotopic (exact) mass is 372 g/mol. The summed E-state index contributed by atoms with van der Waals surface area (Å²) in [5.41, 5.74) is 1.67. The maximum atomic E-state index is 12.7. The van der Waals surface area contributed by atoms with Crippen LogP contribution in [0.2, 0.25) is 5.02 Å². The number of anilines is 1. The molecule has 3 aliphatic rings. The Morgan fingerprint density at radius 1 is 1.31 bits per heavy atom. The average molecular weight is 373 g/mol. The van der Waals surface area contributed by atoms with Gasteiger partial charge < -0.3 is 10.6 Å². The Labute approximate surface area is 156 Å². The zero-order valence-electron chi connectivity index (χ0n) is 14.4. The zero-order chi connectivity index (χ0) is 17.7. The summed E-state index contributed by atoms with van der Waals surface area (Å²) in [6, 6.07) is 5.49. The molecular weight excluding hydrogens is 352 g/mol. The summed E-state index contributed by atoms with van der Waals surface area (Å²) < 4.78 is 1.70. The van der Waals surface area contributed by atoms with Crippen LogP contribution < -0.4 is 10.6 Å². The molecule has 1 amide bonds. The molecule has 136 valence electrons. The molecule has 1 aromatic heterocycles. The number of amides is 1. The summed E-state index contributed by atoms with van der Waals surface area (Å²) in [6.45, 7) is 2.02. The highest BCUT2D eigenvalue weighted by atomic mass is 35.5. The van der Waals surface area contributed by atoms with Crippen LogP contribution in [0.15, 0.2) is 18.2 Å². The third kappa shape index (κ3) is 2.79. The molecular formula is C18H21ClN6O. The predicted molar refractivity (Wildman–Crippen MR) is 97.4 cm³/mol. The highest BCUT2D eigenvalue weighted by Gasteiger charge is 2.57. The van der Waals surface area contributed by atoms with E-state index >= 15 is 0 Å². The minimum atomic E-state index is 0.110. The van der Waals surface area contributed by atoms with E-state index < -0.39 is 0 Å². The van der Waals surface area contributed by atoms with E-state index in [-0.39, 0.29) is 17.2 Å². The van der Waals surface area contributed by atoms with Gasteiger partial charge in [-0.2, -0.15) is 4.68 Å². The van der Waals surface area contributed by atoms with Crippen molar-refractivity contribution in [2.24, 2.45) is 11.3 Å². The SMILES string of the molecule is O=C(Nc1ccc(Cl)c(-n2nnnc2C2CC2)c1)C1CC12CCNCC2. The Hall–Kier alpha value is -1.99. The number of benzene rings is 1. The van der Waals surface area contributed by atoms with Gasteiger partial charge in [0.15, 0.2) is 5.82 Å². The van der Waals surface area contributed by atoms with Crippen LogP contribution in [0.1, 0.15) is 43.8 Å². The van der Waals surface area contributed by atoms with Crippen LogP contribution in [0.25, 0.3) is 5.69 Å². The van der Waals surface area contributed by atoms with Crippen LogP contribution in [0.3, 0.4) is 0 Å². The first-order valence-electron chi connectivity index (χ1n) is 9.26. The Bertz CT molecular complexity index is 855. The molecule has 1 atom stereocenters. The number of piperidine rings is 1. The molecule has 1 saturated heterocycles. The topological polar surface area (TPSA) is 84.7 Å². The second-order valence-electron chi connectivity index (χ2n) is 7.75. The van der Waals surface area contributed by atoms with Crippen LogP contribution in [0.5, 0.6) is 0 Å². The number of rotatable bonds is 4. The molecule has 1 aromatic carbocycles. The lowest BCUT2D eigenvalue weighted by molar-refractivity contribution is -0.118. The molecule has 2 aromatic rings. The number of halogens is 1. The molecule has 5 rings (SSSR count). The first kappa shape index (κ1) is 16.2. The number of hydrogen-bond acceptors (Lipinski definition) is 5. The standard InChI is InChI=1S/C18H21ClN6O/c19-14-4-3-12(9-15(14)25-16(11-1-2-11)22-23-24-25)21-17(26)13-10-18(13)5-7-20-8-6-18/h3-4,9,11,13,20H,1-2,5-8,10H2,(H,21,26). The van der Waals surface area contributed by atoms with Crippen molar-refractivity contribution in [2.45, 2.75) is 38.0 Å². The summed E-state index contributed by atoms with van der Waals surface area (Å²) in [5.74, 6) is 1.48. The van der Waals surface area contributed by atoms with Crippen molar-refractivity contribution in [1.29, 1.82) is 0 Å². The fourth-order valence-corrected chi connectivity index (χ4v) is 4.34. The van der Waals surface area contributed by atoms with Gasteiger partial charge in [0.2, 0.25) is 5.91 Å². The molecule has 8 heteroatoms. The maximum Gasteiger partial charge on any atom is 0.228 e. The van der Waals surface area contributed by atoms with Gasteiger partial charge in [-0.15, -0.1) is 5.10 Å². The highest BCUT2D eigenvalue weighted by molar-refractivity contribution is 6.32. The number of aromatic nitrogens is 4. The maximum absolute atomic E-state index is 12.7. The number of nitrogens with zero attached hydrogens (tertiary/aromatic N) is 4. The highest BCUT2D eigenvalue weighted by Crippen LogP contribution is 2.58. The van der Waals surface area contributed by atoms with Gasteiger partial charge in [0, 0.05) is 17.5 Å². The lowest BCUT2D eigenvalue weighted by Crippen LogP contribution is -2.31. The minimum absolute atomic E-state index is 0.110. The normalized spacial score (nSPS) is 23.8. The van der Waals surface area contributed by atoms with E-state index in [2.05, 4.69) is 26.2 Å². The summed E-state index contributed by atoms with van der Waals surface area (Å²) in [7, 11) is 0. The van der Waals surface area contributed by atoms with Crippen molar-refractivity contribution in [1.82, 2.24) is 25.5 Å². The summed E-state index contributed by atoms with van der Waals surface area (Å²) in [4.78, 5) is 12.7. The smallest absolute Gasteiger partial charge is 0.228 e. The van der Waals surface area contributed by atoms with Crippen molar-refractivity contribution in [2.75, 3.05) is 18.4 Å². The Kier molecular flexibility index (Phi) is 3.76. The molecule has 2 aliphatic carbocycles. The van der Waals surface area contributed by atoms with Crippen LogP contribution >= 0.6 is 11.6 Å². The number of tetrazole rings is 1. The van der Waals surface area contributed by atoms with Crippen LogP contribution in [0.4, 0.5) is 5.69 Å². The van der Waals surface area contributed by atoms with Gasteiger partial charge in [0.25, 0.3) is 0 Å². The fraction of sp³-hybridized carbons (Fsp3) is 0.556. The van der Waals surface area contributed by atoms with Crippen LogP contribution in [0, 0.1) is 11.3 Å². The summed E-state index contributed by atoms with van der Waals surface area (Å²) in [6.07, 6.45) is 5.39. The number of hydrogen-bond donors (Lipinski definition) is 2. The second-order valence-corrected chi connectivity index (χ2v) is 8.15. The van der Waals surface area contributed by atoms with E-state index in [9.17, 15) is 4.79 Å². The molecule has 0 bridgehead atoms. The lowest BCUT2D eigenvalue weighted by atomic mass is 9.92. The van der Waals surface area contributed by atoms with Crippen molar-refractivity contribution >= 4 is 23.2 Å². The molecule has 26 heavy (non-hydrogen) atoms. The average Bonchev–Trinajstić information content (AvgIpc) is 3.56. The molecule has 1 spiro atoms. The van der Waals surface area contributed by atoms with Crippen LogP contribution in [-0.2, 0) is 4.79 Å². The predicted octanol–water partition coefficient (Wildman–Crippen LogP) is 2.52.